The highest BCUT2D eigenvalue weighted by atomic mass is 79.9. The van der Waals surface area contributed by atoms with Gasteiger partial charge in [-0.2, -0.15) is 13.9 Å². The number of benzene rings is 2. The molecule has 0 spiro atoms. The third kappa shape index (κ3) is 5.07. The summed E-state index contributed by atoms with van der Waals surface area (Å²) in [6, 6.07) is 11.8. The lowest BCUT2D eigenvalue weighted by molar-refractivity contribution is -0.0501. The van der Waals surface area contributed by atoms with Crippen molar-refractivity contribution in [3.05, 3.63) is 70.5 Å². The Hall–Kier alpha value is -2.94. The molecule has 0 bridgehead atoms. The van der Waals surface area contributed by atoms with E-state index in [1.807, 2.05) is 24.3 Å². The lowest BCUT2D eigenvalue weighted by Crippen LogP contribution is -2.15. The number of hydrogen-bond acceptors (Lipinski definition) is 4. The van der Waals surface area contributed by atoms with Gasteiger partial charge >= 0.3 is 6.61 Å². The van der Waals surface area contributed by atoms with E-state index in [0.717, 1.165) is 11.3 Å². The second kappa shape index (κ2) is 8.83. The maximum Gasteiger partial charge on any atom is 0.387 e. The third-order valence-corrected chi connectivity index (χ3v) is 4.27. The van der Waals surface area contributed by atoms with Crippen molar-refractivity contribution in [3.8, 4) is 11.5 Å². The fourth-order valence-electron chi connectivity index (χ4n) is 2.55. The molecule has 0 radical (unpaired) electrons. The van der Waals surface area contributed by atoms with Crippen LogP contribution < -0.4 is 14.8 Å². The highest BCUT2D eigenvalue weighted by molar-refractivity contribution is 9.10. The smallest absolute Gasteiger partial charge is 0.387 e. The van der Waals surface area contributed by atoms with Crippen molar-refractivity contribution < 1.29 is 23.0 Å². The monoisotopic (exact) mass is 451 g/mol. The van der Waals surface area contributed by atoms with Gasteiger partial charge in [0.05, 0.1) is 31.1 Å². The summed E-state index contributed by atoms with van der Waals surface area (Å²) in [6.07, 6.45) is 3.12. The lowest BCUT2D eigenvalue weighted by Gasteiger charge is -2.10. The molecule has 1 amide bonds. The third-order valence-electron chi connectivity index (χ3n) is 3.77. The van der Waals surface area contributed by atoms with Gasteiger partial charge in [-0.15, -0.1) is 0 Å². The average Bonchev–Trinajstić information content (AvgIpc) is 3.09. The Morgan fingerprint density at radius 2 is 2.11 bits per heavy atom. The molecule has 0 atom stereocenters. The van der Waals surface area contributed by atoms with Crippen LogP contribution in [0.3, 0.4) is 0 Å². The average molecular weight is 452 g/mol. The minimum atomic E-state index is -3.03. The second-order valence-corrected chi connectivity index (χ2v) is 6.67. The standard InChI is InChI=1S/C19H16BrF2N3O3/c1-27-15-4-2-3-12(7-15)10-25-11-14(9-23-25)24-18(26)16-8-13(20)5-6-17(16)28-19(21)22/h2-9,11,19H,10H2,1H3,(H,24,26). The van der Waals surface area contributed by atoms with E-state index in [1.54, 1.807) is 18.0 Å². The minimum absolute atomic E-state index is 0.0183. The molecule has 3 rings (SSSR count). The van der Waals surface area contributed by atoms with E-state index < -0.39 is 12.5 Å². The first-order chi connectivity index (χ1) is 13.4. The molecule has 0 aliphatic rings. The normalized spacial score (nSPS) is 10.8. The second-order valence-electron chi connectivity index (χ2n) is 5.75. The van der Waals surface area contributed by atoms with Crippen LogP contribution in [-0.4, -0.2) is 29.4 Å². The summed E-state index contributed by atoms with van der Waals surface area (Å²) < 4.78 is 36.9. The summed E-state index contributed by atoms with van der Waals surface area (Å²) in [5, 5.41) is 6.84. The van der Waals surface area contributed by atoms with Gasteiger partial charge in [-0.05, 0) is 35.9 Å². The van der Waals surface area contributed by atoms with Crippen LogP contribution in [0.1, 0.15) is 15.9 Å². The maximum absolute atomic E-state index is 12.6. The predicted molar refractivity (Wildman–Crippen MR) is 103 cm³/mol. The van der Waals surface area contributed by atoms with Crippen molar-refractivity contribution >= 4 is 27.5 Å². The lowest BCUT2D eigenvalue weighted by atomic mass is 10.2. The maximum atomic E-state index is 12.6. The molecule has 2 aromatic carbocycles. The van der Waals surface area contributed by atoms with Crippen LogP contribution in [0.25, 0.3) is 0 Å². The number of aromatic nitrogens is 2. The molecule has 1 heterocycles. The van der Waals surface area contributed by atoms with Crippen LogP contribution in [0.4, 0.5) is 14.5 Å². The highest BCUT2D eigenvalue weighted by Crippen LogP contribution is 2.26. The number of ether oxygens (including phenoxy) is 2. The van der Waals surface area contributed by atoms with E-state index >= 15 is 0 Å². The molecule has 3 aromatic rings. The van der Waals surface area contributed by atoms with Gasteiger partial charge < -0.3 is 14.8 Å². The zero-order chi connectivity index (χ0) is 20.1. The summed E-state index contributed by atoms with van der Waals surface area (Å²) in [7, 11) is 1.59. The number of carbonyl (C=O) groups is 1. The highest BCUT2D eigenvalue weighted by Gasteiger charge is 2.17. The van der Waals surface area contributed by atoms with Crippen LogP contribution in [0.15, 0.2) is 59.3 Å². The van der Waals surface area contributed by atoms with Gasteiger partial charge in [0.2, 0.25) is 0 Å². The van der Waals surface area contributed by atoms with E-state index in [9.17, 15) is 13.6 Å². The molecular formula is C19H16BrF2N3O3. The Bertz CT molecular complexity index is 979. The molecule has 1 N–H and O–H groups in total. The van der Waals surface area contributed by atoms with Gasteiger partial charge in [-0.3, -0.25) is 9.48 Å². The number of rotatable bonds is 7. The van der Waals surface area contributed by atoms with E-state index in [0.29, 0.717) is 16.7 Å². The van der Waals surface area contributed by atoms with Crippen molar-refractivity contribution in [2.45, 2.75) is 13.2 Å². The van der Waals surface area contributed by atoms with Gasteiger partial charge in [-0.25, -0.2) is 0 Å². The fourth-order valence-corrected chi connectivity index (χ4v) is 2.91. The summed E-state index contributed by atoms with van der Waals surface area (Å²) in [5.74, 6) is -0.0586. The van der Waals surface area contributed by atoms with Crippen LogP contribution >= 0.6 is 15.9 Å². The molecule has 0 saturated carbocycles. The first kappa shape index (κ1) is 19.8. The summed E-state index contributed by atoms with van der Waals surface area (Å²) in [5.41, 5.74) is 1.38. The van der Waals surface area contributed by atoms with Gasteiger partial charge in [0.25, 0.3) is 5.91 Å². The van der Waals surface area contributed by atoms with E-state index in [-0.39, 0.29) is 11.3 Å². The molecule has 0 saturated heterocycles. The van der Waals surface area contributed by atoms with Crippen LogP contribution in [0.2, 0.25) is 0 Å². The zero-order valence-electron chi connectivity index (χ0n) is 14.7. The molecule has 0 aliphatic heterocycles. The Morgan fingerprint density at radius 1 is 1.29 bits per heavy atom. The largest absolute Gasteiger partial charge is 0.497 e. The number of nitrogens with zero attached hydrogens (tertiary/aromatic N) is 2. The number of methoxy groups -OCH3 is 1. The number of amides is 1. The van der Waals surface area contributed by atoms with Crippen LogP contribution in [-0.2, 0) is 6.54 Å². The van der Waals surface area contributed by atoms with Crippen LogP contribution in [0.5, 0.6) is 11.5 Å². The Kier molecular flexibility index (Phi) is 6.25. The van der Waals surface area contributed by atoms with Crippen molar-refractivity contribution in [2.75, 3.05) is 12.4 Å². The molecule has 0 aliphatic carbocycles. The van der Waals surface area contributed by atoms with Crippen molar-refractivity contribution in [1.29, 1.82) is 0 Å². The summed E-state index contributed by atoms with van der Waals surface area (Å²) in [6.45, 7) is -2.55. The zero-order valence-corrected chi connectivity index (χ0v) is 16.3. The number of alkyl halides is 2. The summed E-state index contributed by atoms with van der Waals surface area (Å²) in [4.78, 5) is 12.5. The van der Waals surface area contributed by atoms with Gasteiger partial charge in [0.15, 0.2) is 0 Å². The number of hydrogen-bond donors (Lipinski definition) is 1. The van der Waals surface area contributed by atoms with Gasteiger partial charge in [0, 0.05) is 10.7 Å². The predicted octanol–water partition coefficient (Wildman–Crippen LogP) is 4.56. The first-order valence-corrected chi connectivity index (χ1v) is 8.95. The van der Waals surface area contributed by atoms with E-state index in [4.69, 9.17) is 4.74 Å². The Labute approximate surface area is 168 Å². The van der Waals surface area contributed by atoms with Crippen molar-refractivity contribution in [1.82, 2.24) is 9.78 Å². The quantitative estimate of drug-likeness (QED) is 0.571. The number of halogens is 3. The van der Waals surface area contributed by atoms with Crippen LogP contribution in [0, 0.1) is 0 Å². The first-order valence-electron chi connectivity index (χ1n) is 8.15. The SMILES string of the molecule is COc1cccc(Cn2cc(NC(=O)c3cc(Br)ccc3OC(F)F)cn2)c1. The Morgan fingerprint density at radius 3 is 2.86 bits per heavy atom. The molecule has 1 aromatic heterocycles. The Balaban J connectivity index is 1.73. The molecule has 6 nitrogen and oxygen atoms in total. The molecule has 28 heavy (non-hydrogen) atoms. The molecule has 9 heteroatoms. The van der Waals surface area contributed by atoms with Gasteiger partial charge in [-0.1, -0.05) is 28.1 Å². The minimum Gasteiger partial charge on any atom is -0.497 e. The number of nitrogens with one attached hydrogen (secondary N) is 1. The van der Waals surface area contributed by atoms with E-state index in [2.05, 4.69) is 31.1 Å². The number of carbonyl (C=O) groups excluding carboxylic acids is 1. The van der Waals surface area contributed by atoms with Crippen molar-refractivity contribution in [2.24, 2.45) is 0 Å². The molecule has 146 valence electrons. The molecule has 0 fully saturated rings. The number of anilines is 1. The molecular weight excluding hydrogens is 436 g/mol. The van der Waals surface area contributed by atoms with Crippen molar-refractivity contribution in [3.63, 3.8) is 0 Å². The topological polar surface area (TPSA) is 65.4 Å². The van der Waals surface area contributed by atoms with Gasteiger partial charge in [0.1, 0.15) is 11.5 Å². The van der Waals surface area contributed by atoms with E-state index in [1.165, 1.54) is 24.4 Å². The fraction of sp³-hybridized carbons (Fsp3) is 0.158. The molecule has 0 unspecified atom stereocenters. The summed E-state index contributed by atoms with van der Waals surface area (Å²) >= 11 is 3.22.